The smallest absolute Gasteiger partial charge is 0.277 e. The summed E-state index contributed by atoms with van der Waals surface area (Å²) >= 11 is 1.21. The minimum absolute atomic E-state index is 0.00107. The predicted molar refractivity (Wildman–Crippen MR) is 112 cm³/mol. The van der Waals surface area contributed by atoms with Gasteiger partial charge in [0, 0.05) is 24.7 Å². The van der Waals surface area contributed by atoms with E-state index in [2.05, 4.69) is 15.5 Å². The largest absolute Gasteiger partial charge is 0.469 e. The van der Waals surface area contributed by atoms with Gasteiger partial charge in [-0.3, -0.25) is 9.59 Å². The van der Waals surface area contributed by atoms with Crippen molar-refractivity contribution in [1.29, 1.82) is 0 Å². The SMILES string of the molecule is Cc1occc1-c1nnc(SCC(=O)N2CCC(C(=O)Nc3ccccc3)CC2)o1. The molecule has 1 aliphatic heterocycles. The normalized spacial score (nSPS) is 14.6. The summed E-state index contributed by atoms with van der Waals surface area (Å²) in [5, 5.41) is 11.3. The number of hydrogen-bond donors (Lipinski definition) is 1. The van der Waals surface area contributed by atoms with Crippen LogP contribution in [0.4, 0.5) is 5.69 Å². The minimum atomic E-state index is -0.0846. The fourth-order valence-corrected chi connectivity index (χ4v) is 4.02. The van der Waals surface area contributed by atoms with Crippen molar-refractivity contribution in [2.75, 3.05) is 24.2 Å². The van der Waals surface area contributed by atoms with Crippen molar-refractivity contribution >= 4 is 29.3 Å². The first-order chi connectivity index (χ1) is 14.6. The van der Waals surface area contributed by atoms with Gasteiger partial charge in [-0.15, -0.1) is 10.2 Å². The van der Waals surface area contributed by atoms with E-state index in [1.165, 1.54) is 11.8 Å². The third kappa shape index (κ3) is 4.73. The molecule has 4 rings (SSSR count). The maximum absolute atomic E-state index is 12.5. The Morgan fingerprint density at radius 1 is 1.17 bits per heavy atom. The molecule has 0 atom stereocenters. The van der Waals surface area contributed by atoms with Crippen LogP contribution in [0.2, 0.25) is 0 Å². The number of carbonyl (C=O) groups excluding carboxylic acids is 2. The molecule has 1 fully saturated rings. The topological polar surface area (TPSA) is 101 Å². The Kier molecular flexibility index (Phi) is 6.18. The minimum Gasteiger partial charge on any atom is -0.469 e. The first-order valence-corrected chi connectivity index (χ1v) is 10.7. The lowest BCUT2D eigenvalue weighted by atomic mass is 9.96. The van der Waals surface area contributed by atoms with Gasteiger partial charge < -0.3 is 19.1 Å². The average molecular weight is 426 g/mol. The molecular formula is C21H22N4O4S. The summed E-state index contributed by atoms with van der Waals surface area (Å²) in [6.07, 6.45) is 2.87. The maximum Gasteiger partial charge on any atom is 0.277 e. The number of anilines is 1. The molecule has 1 N–H and O–H groups in total. The number of thioether (sulfide) groups is 1. The van der Waals surface area contributed by atoms with Crippen molar-refractivity contribution in [3.8, 4) is 11.5 Å². The van der Waals surface area contributed by atoms with Crippen LogP contribution < -0.4 is 5.32 Å². The van der Waals surface area contributed by atoms with Crippen LogP contribution in [0.1, 0.15) is 18.6 Å². The number of para-hydroxylation sites is 1. The van der Waals surface area contributed by atoms with E-state index in [1.54, 1.807) is 17.2 Å². The highest BCUT2D eigenvalue weighted by atomic mass is 32.2. The van der Waals surface area contributed by atoms with E-state index in [-0.39, 0.29) is 23.5 Å². The van der Waals surface area contributed by atoms with Crippen LogP contribution in [-0.2, 0) is 9.59 Å². The molecule has 3 aromatic rings. The van der Waals surface area contributed by atoms with Crippen molar-refractivity contribution in [3.63, 3.8) is 0 Å². The molecule has 156 valence electrons. The van der Waals surface area contributed by atoms with Crippen LogP contribution in [0.15, 0.2) is 56.7 Å². The van der Waals surface area contributed by atoms with Crippen LogP contribution in [-0.4, -0.2) is 45.8 Å². The molecule has 2 aromatic heterocycles. The summed E-state index contributed by atoms with van der Waals surface area (Å²) in [6.45, 7) is 2.95. The highest BCUT2D eigenvalue weighted by molar-refractivity contribution is 7.99. The molecule has 0 bridgehead atoms. The maximum atomic E-state index is 12.5. The summed E-state index contributed by atoms with van der Waals surface area (Å²) in [6, 6.07) is 11.2. The molecule has 9 heteroatoms. The zero-order valence-corrected chi connectivity index (χ0v) is 17.4. The van der Waals surface area contributed by atoms with E-state index in [1.807, 2.05) is 37.3 Å². The number of nitrogens with one attached hydrogen (secondary N) is 1. The number of likely N-dealkylation sites (tertiary alicyclic amines) is 1. The Bertz CT molecular complexity index is 1010. The number of furan rings is 1. The second-order valence-electron chi connectivity index (χ2n) is 7.06. The Labute approximate surface area is 178 Å². The highest BCUT2D eigenvalue weighted by Gasteiger charge is 2.27. The molecule has 0 saturated carbocycles. The van der Waals surface area contributed by atoms with Crippen molar-refractivity contribution in [2.45, 2.75) is 25.0 Å². The summed E-state index contributed by atoms with van der Waals surface area (Å²) < 4.78 is 10.8. The molecule has 0 radical (unpaired) electrons. The van der Waals surface area contributed by atoms with Crippen molar-refractivity contribution < 1.29 is 18.4 Å². The first kappa shape index (κ1) is 20.2. The molecular weight excluding hydrogens is 404 g/mol. The van der Waals surface area contributed by atoms with Gasteiger partial charge in [0.15, 0.2) is 0 Å². The van der Waals surface area contributed by atoms with E-state index < -0.39 is 0 Å². The van der Waals surface area contributed by atoms with Crippen LogP contribution in [0.25, 0.3) is 11.5 Å². The lowest BCUT2D eigenvalue weighted by Crippen LogP contribution is -2.42. The fourth-order valence-electron chi connectivity index (χ4n) is 3.36. The van der Waals surface area contributed by atoms with Crippen LogP contribution in [0.3, 0.4) is 0 Å². The number of hydrogen-bond acceptors (Lipinski definition) is 7. The third-order valence-corrected chi connectivity index (χ3v) is 5.88. The van der Waals surface area contributed by atoms with Crippen molar-refractivity contribution in [2.24, 2.45) is 5.92 Å². The number of piperidine rings is 1. The fraction of sp³-hybridized carbons (Fsp3) is 0.333. The van der Waals surface area contributed by atoms with Gasteiger partial charge in [0.25, 0.3) is 11.1 Å². The summed E-state index contributed by atoms with van der Waals surface area (Å²) in [7, 11) is 0. The van der Waals surface area contributed by atoms with Gasteiger partial charge in [-0.05, 0) is 38.0 Å². The standard InChI is InChI=1S/C21H22N4O4S/c1-14-17(9-12-28-14)20-23-24-21(29-20)30-13-18(26)25-10-7-15(8-11-25)19(27)22-16-5-3-2-4-6-16/h2-6,9,12,15H,7-8,10-11,13H2,1H3,(H,22,27). The third-order valence-electron chi connectivity index (χ3n) is 5.07. The number of nitrogens with zero attached hydrogens (tertiary/aromatic N) is 3. The molecule has 3 heterocycles. The number of rotatable bonds is 6. The van der Waals surface area contributed by atoms with E-state index >= 15 is 0 Å². The number of carbonyl (C=O) groups is 2. The van der Waals surface area contributed by atoms with Crippen LogP contribution in [0.5, 0.6) is 0 Å². The van der Waals surface area contributed by atoms with E-state index in [0.29, 0.717) is 42.8 Å². The van der Waals surface area contributed by atoms with Gasteiger partial charge in [0.2, 0.25) is 11.8 Å². The summed E-state index contributed by atoms with van der Waals surface area (Å²) in [5.74, 6) is 1.22. The lowest BCUT2D eigenvalue weighted by Gasteiger charge is -2.31. The second-order valence-corrected chi connectivity index (χ2v) is 7.99. The number of benzene rings is 1. The quantitative estimate of drug-likeness (QED) is 0.601. The van der Waals surface area contributed by atoms with Crippen molar-refractivity contribution in [1.82, 2.24) is 15.1 Å². The van der Waals surface area contributed by atoms with Crippen LogP contribution >= 0.6 is 11.8 Å². The molecule has 1 aliphatic rings. The Morgan fingerprint density at radius 2 is 1.93 bits per heavy atom. The van der Waals surface area contributed by atoms with Gasteiger partial charge in [-0.1, -0.05) is 30.0 Å². The van der Waals surface area contributed by atoms with Crippen molar-refractivity contribution in [3.05, 3.63) is 48.4 Å². The summed E-state index contributed by atoms with van der Waals surface area (Å²) in [4.78, 5) is 26.7. The lowest BCUT2D eigenvalue weighted by molar-refractivity contribution is -0.132. The first-order valence-electron chi connectivity index (χ1n) is 9.74. The van der Waals surface area contributed by atoms with E-state index in [4.69, 9.17) is 8.83 Å². The predicted octanol–water partition coefficient (Wildman–Crippen LogP) is 3.61. The monoisotopic (exact) mass is 426 g/mol. The molecule has 0 unspecified atom stereocenters. The van der Waals surface area contributed by atoms with Gasteiger partial charge in [-0.25, -0.2) is 0 Å². The Morgan fingerprint density at radius 3 is 2.63 bits per heavy atom. The van der Waals surface area contributed by atoms with Gasteiger partial charge >= 0.3 is 0 Å². The molecule has 30 heavy (non-hydrogen) atoms. The molecule has 1 saturated heterocycles. The zero-order chi connectivity index (χ0) is 20.9. The highest BCUT2D eigenvalue weighted by Crippen LogP contribution is 2.27. The van der Waals surface area contributed by atoms with E-state index in [0.717, 1.165) is 11.3 Å². The molecule has 0 spiro atoms. The second kappa shape index (κ2) is 9.17. The molecule has 2 amide bonds. The average Bonchev–Trinajstić information content (AvgIpc) is 3.41. The van der Waals surface area contributed by atoms with Gasteiger partial charge in [0.1, 0.15) is 5.76 Å². The van der Waals surface area contributed by atoms with Gasteiger partial charge in [-0.2, -0.15) is 0 Å². The van der Waals surface area contributed by atoms with Crippen LogP contribution in [0, 0.1) is 12.8 Å². The molecule has 1 aromatic carbocycles. The van der Waals surface area contributed by atoms with Gasteiger partial charge in [0.05, 0.1) is 17.6 Å². The molecule has 0 aliphatic carbocycles. The number of amides is 2. The number of aryl methyl sites for hydroxylation is 1. The Hall–Kier alpha value is -3.07. The number of aromatic nitrogens is 2. The van der Waals surface area contributed by atoms with E-state index in [9.17, 15) is 9.59 Å². The zero-order valence-electron chi connectivity index (χ0n) is 16.5. The Balaban J connectivity index is 1.23. The summed E-state index contributed by atoms with van der Waals surface area (Å²) in [5.41, 5.74) is 1.54. The molecule has 8 nitrogen and oxygen atoms in total.